The van der Waals surface area contributed by atoms with Crippen molar-refractivity contribution in [3.05, 3.63) is 24.4 Å². The van der Waals surface area contributed by atoms with Gasteiger partial charge >= 0.3 is 0 Å². The van der Waals surface area contributed by atoms with Crippen LogP contribution in [-0.2, 0) is 4.74 Å². The normalized spacial score (nSPS) is 17.2. The number of rotatable bonds is 1. The van der Waals surface area contributed by atoms with Gasteiger partial charge in [-0.1, -0.05) is 0 Å². The maximum Gasteiger partial charge on any atom is 0.164 e. The summed E-state index contributed by atoms with van der Waals surface area (Å²) in [6.45, 7) is 0. The molecule has 0 unspecified atom stereocenters. The topological polar surface area (TPSA) is 12.5 Å². The highest BCUT2D eigenvalue weighted by atomic mass is 19.1. The van der Waals surface area contributed by atoms with Crippen molar-refractivity contribution in [3.8, 4) is 0 Å². The highest BCUT2D eigenvalue weighted by Gasteiger charge is 2.01. The van der Waals surface area contributed by atoms with Gasteiger partial charge in [-0.15, -0.1) is 0 Å². The Balaban J connectivity index is 2.34. The number of allylic oxidation sites excluding steroid dienone is 1. The predicted molar refractivity (Wildman–Crippen MR) is 19.4 cm³/mol. The summed E-state index contributed by atoms with van der Waals surface area (Å²) in [5.41, 5.74) is 0. The Kier molecular flexibility index (Phi) is 0.638. The Hall–Kier alpha value is -0.790. The molecule has 0 saturated carbocycles. The lowest BCUT2D eigenvalue weighted by molar-refractivity contribution is 0.514. The van der Waals surface area contributed by atoms with Crippen molar-refractivity contribution in [2.45, 2.75) is 0 Å². The van der Waals surface area contributed by atoms with Gasteiger partial charge < -0.3 is 4.74 Å². The molecule has 0 radical (unpaired) electrons. The molecule has 0 aromatic rings. The average molecular weight is 86.1 g/mol. The monoisotopic (exact) mass is 86.0 g/mol. The van der Waals surface area contributed by atoms with Crippen LogP contribution in [0, 0.1) is 0 Å². The van der Waals surface area contributed by atoms with Gasteiger partial charge in [0.05, 0.1) is 6.33 Å². The quantitative estimate of drug-likeness (QED) is 0.469. The van der Waals surface area contributed by atoms with Crippen LogP contribution in [0.15, 0.2) is 24.4 Å². The summed E-state index contributed by atoms with van der Waals surface area (Å²) in [5.74, 6) is 0.609. The van der Waals surface area contributed by atoms with E-state index in [2.05, 4.69) is 4.74 Å². The van der Waals surface area contributed by atoms with E-state index in [0.29, 0.717) is 12.1 Å². The second-order valence-corrected chi connectivity index (χ2v) is 0.931. The molecule has 0 N–H and O–H groups in total. The standard InChI is InChI=1S/C4H3FO/c5-2-1-4-3-6-4/h1-3H. The molecule has 1 aliphatic rings. The van der Waals surface area contributed by atoms with Gasteiger partial charge in [-0.2, -0.15) is 0 Å². The van der Waals surface area contributed by atoms with Crippen LogP contribution in [0.5, 0.6) is 0 Å². The molecule has 0 saturated heterocycles. The van der Waals surface area contributed by atoms with E-state index in [0.717, 1.165) is 0 Å². The Labute approximate surface area is 34.7 Å². The third kappa shape index (κ3) is 0.578. The minimum absolute atomic E-state index is 0.443. The van der Waals surface area contributed by atoms with Gasteiger partial charge in [-0.3, -0.25) is 0 Å². The van der Waals surface area contributed by atoms with Gasteiger partial charge in [0.1, 0.15) is 6.26 Å². The molecule has 6 heavy (non-hydrogen) atoms. The predicted octanol–water partition coefficient (Wildman–Crippen LogP) is 1.34. The Morgan fingerprint density at radius 2 is 2.50 bits per heavy atom. The first-order valence-corrected chi connectivity index (χ1v) is 1.57. The van der Waals surface area contributed by atoms with Crippen molar-refractivity contribution in [1.29, 1.82) is 0 Å². The van der Waals surface area contributed by atoms with Crippen LogP contribution in [-0.4, -0.2) is 0 Å². The minimum atomic E-state index is 0.443. The van der Waals surface area contributed by atoms with Gasteiger partial charge in [-0.05, 0) is 0 Å². The van der Waals surface area contributed by atoms with E-state index in [1.165, 1.54) is 12.3 Å². The zero-order chi connectivity index (χ0) is 4.41. The van der Waals surface area contributed by atoms with Gasteiger partial charge in [0.2, 0.25) is 0 Å². The van der Waals surface area contributed by atoms with Crippen molar-refractivity contribution >= 4 is 0 Å². The Bertz CT molecular complexity index is 104. The summed E-state index contributed by atoms with van der Waals surface area (Å²) in [4.78, 5) is 0. The molecule has 0 aromatic carbocycles. The van der Waals surface area contributed by atoms with Gasteiger partial charge in [0.15, 0.2) is 5.76 Å². The molecule has 32 valence electrons. The summed E-state index contributed by atoms with van der Waals surface area (Å²) in [5, 5.41) is 0. The van der Waals surface area contributed by atoms with E-state index in [1.54, 1.807) is 0 Å². The van der Waals surface area contributed by atoms with Crippen molar-refractivity contribution in [2.75, 3.05) is 0 Å². The molecular formula is C4H3FO. The molecule has 1 heterocycles. The molecule has 0 spiro atoms. The zero-order valence-corrected chi connectivity index (χ0v) is 3.02. The molecular weight excluding hydrogens is 83.0 g/mol. The third-order valence-electron chi connectivity index (χ3n) is 0.481. The molecule has 0 amide bonds. The van der Waals surface area contributed by atoms with Crippen LogP contribution in [0.3, 0.4) is 0 Å². The summed E-state index contributed by atoms with van der Waals surface area (Å²) in [7, 11) is 0. The SMILES string of the molecule is FC=CC1=CO1. The summed E-state index contributed by atoms with van der Waals surface area (Å²) >= 11 is 0. The fraction of sp³-hybridized carbons (Fsp3) is 0. The van der Waals surface area contributed by atoms with E-state index in [-0.39, 0.29) is 0 Å². The maximum absolute atomic E-state index is 11.0. The van der Waals surface area contributed by atoms with Crippen molar-refractivity contribution in [2.24, 2.45) is 0 Å². The van der Waals surface area contributed by atoms with Crippen LogP contribution < -0.4 is 0 Å². The van der Waals surface area contributed by atoms with Gasteiger partial charge in [0.25, 0.3) is 0 Å². The van der Waals surface area contributed by atoms with Crippen LogP contribution in [0.2, 0.25) is 0 Å². The number of halogens is 1. The van der Waals surface area contributed by atoms with Gasteiger partial charge in [-0.25, -0.2) is 4.39 Å². The fourth-order valence-electron chi connectivity index (χ4n) is 0.175. The molecule has 1 nitrogen and oxygen atoms in total. The van der Waals surface area contributed by atoms with E-state index < -0.39 is 0 Å². The number of ether oxygens (including phenoxy) is 1. The van der Waals surface area contributed by atoms with E-state index in [4.69, 9.17) is 0 Å². The smallest absolute Gasteiger partial charge is 0.164 e. The molecule has 1 rings (SSSR count). The third-order valence-corrected chi connectivity index (χ3v) is 0.481. The summed E-state index contributed by atoms with van der Waals surface area (Å²) in [6.07, 6.45) is 3.16. The molecule has 0 aliphatic carbocycles. The van der Waals surface area contributed by atoms with Crippen LogP contribution in [0.4, 0.5) is 4.39 Å². The largest absolute Gasteiger partial charge is 0.458 e. The number of hydrogen-bond acceptors (Lipinski definition) is 1. The van der Waals surface area contributed by atoms with Crippen LogP contribution in [0.25, 0.3) is 0 Å². The molecule has 0 fully saturated rings. The first kappa shape index (κ1) is 3.40. The molecule has 0 aromatic heterocycles. The van der Waals surface area contributed by atoms with Crippen LogP contribution in [0.1, 0.15) is 0 Å². The van der Waals surface area contributed by atoms with E-state index in [1.807, 2.05) is 0 Å². The van der Waals surface area contributed by atoms with Crippen molar-refractivity contribution in [1.82, 2.24) is 0 Å². The fourth-order valence-corrected chi connectivity index (χ4v) is 0.175. The highest BCUT2D eigenvalue weighted by Crippen LogP contribution is 2.13. The lowest BCUT2D eigenvalue weighted by atomic mass is 10.6. The summed E-state index contributed by atoms with van der Waals surface area (Å²) in [6, 6.07) is 0. The Morgan fingerprint density at radius 1 is 1.83 bits per heavy atom. The molecule has 0 bridgehead atoms. The number of hydrogen-bond donors (Lipinski definition) is 0. The molecule has 0 atom stereocenters. The lowest BCUT2D eigenvalue weighted by Gasteiger charge is -1.62. The second kappa shape index (κ2) is 1.12. The van der Waals surface area contributed by atoms with E-state index in [9.17, 15) is 4.39 Å². The van der Waals surface area contributed by atoms with Crippen LogP contribution >= 0.6 is 0 Å². The van der Waals surface area contributed by atoms with E-state index >= 15 is 0 Å². The maximum atomic E-state index is 11.0. The average Bonchev–Trinajstić information content (AvgIpc) is 2.21. The first-order valence-electron chi connectivity index (χ1n) is 1.57. The Morgan fingerprint density at radius 3 is 2.67 bits per heavy atom. The zero-order valence-electron chi connectivity index (χ0n) is 3.02. The molecule has 1 aliphatic heterocycles. The van der Waals surface area contributed by atoms with Gasteiger partial charge in [0, 0.05) is 6.08 Å². The first-order chi connectivity index (χ1) is 2.93. The van der Waals surface area contributed by atoms with Crippen molar-refractivity contribution < 1.29 is 9.13 Å². The molecule has 2 heteroatoms. The highest BCUT2D eigenvalue weighted by molar-refractivity contribution is 5.17. The lowest BCUT2D eigenvalue weighted by Crippen LogP contribution is -1.45. The summed E-state index contributed by atoms with van der Waals surface area (Å²) < 4.78 is 15.4. The van der Waals surface area contributed by atoms with Crippen molar-refractivity contribution in [3.63, 3.8) is 0 Å². The second-order valence-electron chi connectivity index (χ2n) is 0.931. The minimum Gasteiger partial charge on any atom is -0.458 e.